The Morgan fingerprint density at radius 3 is 2.31 bits per heavy atom. The third-order valence-electron chi connectivity index (χ3n) is 5.71. The Kier molecular flexibility index (Phi) is 7.30. The maximum Gasteiger partial charge on any atom is 0.337 e. The lowest BCUT2D eigenvalue weighted by molar-refractivity contribution is -0.135. The normalized spacial score (nSPS) is 14.8. The van der Waals surface area contributed by atoms with Gasteiger partial charge in [0, 0.05) is 6.42 Å². The van der Waals surface area contributed by atoms with E-state index in [0.29, 0.717) is 23.5 Å². The summed E-state index contributed by atoms with van der Waals surface area (Å²) < 4.78 is 21.1. The van der Waals surface area contributed by atoms with Crippen LogP contribution >= 0.6 is 0 Å². The smallest absolute Gasteiger partial charge is 0.337 e. The summed E-state index contributed by atoms with van der Waals surface area (Å²) in [5.41, 5.74) is 3.04. The number of ether oxygens (including phenoxy) is 4. The minimum Gasteiger partial charge on any atom is -0.497 e. The topological polar surface area (TPSA) is 86.7 Å². The van der Waals surface area contributed by atoms with Crippen molar-refractivity contribution in [3.8, 4) is 17.2 Å². The molecule has 0 radical (unpaired) electrons. The third-order valence-corrected chi connectivity index (χ3v) is 5.71. The van der Waals surface area contributed by atoms with Gasteiger partial charge in [-0.1, -0.05) is 42.5 Å². The van der Waals surface area contributed by atoms with Crippen LogP contribution in [0.5, 0.6) is 17.2 Å². The fraction of sp³-hybridized carbons (Fsp3) is 0.222. The van der Waals surface area contributed by atoms with Gasteiger partial charge in [-0.2, -0.15) is 5.10 Å². The Hall–Kier alpha value is -4.33. The molecule has 0 spiro atoms. The zero-order valence-electron chi connectivity index (χ0n) is 19.8. The van der Waals surface area contributed by atoms with Crippen LogP contribution < -0.4 is 14.2 Å². The van der Waals surface area contributed by atoms with Gasteiger partial charge in [-0.05, 0) is 41.5 Å². The van der Waals surface area contributed by atoms with Crippen LogP contribution in [0.25, 0.3) is 0 Å². The van der Waals surface area contributed by atoms with Gasteiger partial charge >= 0.3 is 5.97 Å². The summed E-state index contributed by atoms with van der Waals surface area (Å²) in [5.74, 6) is 0.590. The molecule has 0 bridgehead atoms. The highest BCUT2D eigenvalue weighted by Gasteiger charge is 2.33. The summed E-state index contributed by atoms with van der Waals surface area (Å²) in [5, 5.41) is 6.13. The zero-order valence-corrected chi connectivity index (χ0v) is 19.8. The van der Waals surface area contributed by atoms with E-state index in [1.807, 2.05) is 54.6 Å². The van der Waals surface area contributed by atoms with E-state index in [1.54, 1.807) is 19.2 Å². The Balaban J connectivity index is 1.56. The second-order valence-electron chi connectivity index (χ2n) is 7.79. The number of carbonyl (C=O) groups is 2. The molecule has 0 saturated carbocycles. The molecule has 0 N–H and O–H groups in total. The fourth-order valence-electron chi connectivity index (χ4n) is 3.87. The van der Waals surface area contributed by atoms with Crippen molar-refractivity contribution in [2.75, 3.05) is 27.9 Å². The predicted molar refractivity (Wildman–Crippen MR) is 130 cm³/mol. The molecule has 0 aliphatic carbocycles. The van der Waals surface area contributed by atoms with E-state index in [1.165, 1.54) is 25.3 Å². The van der Waals surface area contributed by atoms with Crippen LogP contribution in [-0.4, -0.2) is 50.5 Å². The molecule has 35 heavy (non-hydrogen) atoms. The number of benzene rings is 3. The molecule has 8 nitrogen and oxygen atoms in total. The van der Waals surface area contributed by atoms with E-state index >= 15 is 0 Å². The number of hydrogen-bond donors (Lipinski definition) is 0. The minimum atomic E-state index is -0.492. The van der Waals surface area contributed by atoms with Crippen molar-refractivity contribution in [3.05, 3.63) is 89.5 Å². The second kappa shape index (κ2) is 10.7. The van der Waals surface area contributed by atoms with Crippen molar-refractivity contribution in [3.63, 3.8) is 0 Å². The van der Waals surface area contributed by atoms with Gasteiger partial charge in [0.05, 0.1) is 38.6 Å². The number of carbonyl (C=O) groups excluding carboxylic acids is 2. The van der Waals surface area contributed by atoms with Crippen molar-refractivity contribution in [2.24, 2.45) is 5.10 Å². The van der Waals surface area contributed by atoms with Gasteiger partial charge in [0.25, 0.3) is 5.91 Å². The highest BCUT2D eigenvalue weighted by molar-refractivity contribution is 6.03. The molecule has 0 fully saturated rings. The van der Waals surface area contributed by atoms with Crippen molar-refractivity contribution >= 4 is 17.6 Å². The summed E-state index contributed by atoms with van der Waals surface area (Å²) in [6, 6.07) is 21.7. The van der Waals surface area contributed by atoms with Crippen LogP contribution in [0.1, 0.15) is 33.9 Å². The lowest BCUT2D eigenvalue weighted by Crippen LogP contribution is -2.31. The second-order valence-corrected chi connectivity index (χ2v) is 7.79. The molecule has 0 aromatic heterocycles. The first-order valence-electron chi connectivity index (χ1n) is 11.0. The highest BCUT2D eigenvalue weighted by Crippen LogP contribution is 2.34. The molecular weight excluding hydrogens is 448 g/mol. The monoisotopic (exact) mass is 474 g/mol. The Morgan fingerprint density at radius 1 is 0.914 bits per heavy atom. The summed E-state index contributed by atoms with van der Waals surface area (Å²) >= 11 is 0. The molecule has 180 valence electrons. The van der Waals surface area contributed by atoms with Crippen molar-refractivity contribution in [1.82, 2.24) is 5.01 Å². The first-order chi connectivity index (χ1) is 17.0. The van der Waals surface area contributed by atoms with E-state index in [9.17, 15) is 9.59 Å². The van der Waals surface area contributed by atoms with Crippen molar-refractivity contribution in [2.45, 2.75) is 12.5 Å². The largest absolute Gasteiger partial charge is 0.497 e. The average molecular weight is 475 g/mol. The standard InChI is InChI=1S/C27H26N2O6/c1-32-21-12-9-19(10-13-21)23-16-22(18-7-5-4-6-8-18)28-29(23)26(30)17-35-24-14-11-20(27(31)34-3)15-25(24)33-2/h4-15,23H,16-17H2,1-3H3. The summed E-state index contributed by atoms with van der Waals surface area (Å²) in [6.45, 7) is -0.258. The SMILES string of the molecule is COC(=O)c1ccc(OCC(=O)N2N=C(c3ccccc3)CC2c2ccc(OC)cc2)c(OC)c1. The molecule has 1 amide bonds. The van der Waals surface area contributed by atoms with Gasteiger partial charge < -0.3 is 18.9 Å². The molecule has 1 atom stereocenters. The highest BCUT2D eigenvalue weighted by atomic mass is 16.5. The number of methoxy groups -OCH3 is 3. The van der Waals surface area contributed by atoms with E-state index < -0.39 is 5.97 Å². The molecule has 3 aromatic rings. The van der Waals surface area contributed by atoms with Crippen molar-refractivity contribution in [1.29, 1.82) is 0 Å². The average Bonchev–Trinajstić information content (AvgIpc) is 3.37. The van der Waals surface area contributed by atoms with Gasteiger partial charge in [0.15, 0.2) is 18.1 Å². The van der Waals surface area contributed by atoms with E-state index in [-0.39, 0.29) is 18.6 Å². The molecule has 1 aliphatic heterocycles. The van der Waals surface area contributed by atoms with Crippen LogP contribution in [0.3, 0.4) is 0 Å². The van der Waals surface area contributed by atoms with Crippen LogP contribution in [0.2, 0.25) is 0 Å². The number of hydrazone groups is 1. The Bertz CT molecular complexity index is 1220. The van der Waals surface area contributed by atoms with Crippen LogP contribution in [0.4, 0.5) is 0 Å². The lowest BCUT2D eigenvalue weighted by Gasteiger charge is -2.22. The molecule has 1 unspecified atom stereocenters. The third kappa shape index (κ3) is 5.27. The van der Waals surface area contributed by atoms with Crippen LogP contribution in [0, 0.1) is 0 Å². The number of rotatable bonds is 8. The summed E-state index contributed by atoms with van der Waals surface area (Å²) in [6.07, 6.45) is 0.569. The zero-order chi connectivity index (χ0) is 24.8. The number of amides is 1. The molecule has 3 aromatic carbocycles. The van der Waals surface area contributed by atoms with Crippen molar-refractivity contribution < 1.29 is 28.5 Å². The van der Waals surface area contributed by atoms with Gasteiger partial charge in [0.2, 0.25) is 0 Å². The quantitative estimate of drug-likeness (QED) is 0.454. The van der Waals surface area contributed by atoms with Crippen LogP contribution in [-0.2, 0) is 9.53 Å². The van der Waals surface area contributed by atoms with E-state index in [4.69, 9.17) is 18.9 Å². The van der Waals surface area contributed by atoms with Gasteiger partial charge in [-0.25, -0.2) is 9.80 Å². The molecule has 1 heterocycles. The molecule has 1 aliphatic rings. The first-order valence-corrected chi connectivity index (χ1v) is 11.0. The minimum absolute atomic E-state index is 0.258. The molecule has 0 saturated heterocycles. The Morgan fingerprint density at radius 2 is 1.66 bits per heavy atom. The predicted octanol–water partition coefficient (Wildman–Crippen LogP) is 4.25. The molecular formula is C27H26N2O6. The number of nitrogens with zero attached hydrogens (tertiary/aromatic N) is 2. The van der Waals surface area contributed by atoms with Crippen LogP contribution in [0.15, 0.2) is 77.9 Å². The van der Waals surface area contributed by atoms with Gasteiger partial charge in [-0.15, -0.1) is 0 Å². The van der Waals surface area contributed by atoms with E-state index in [0.717, 1.165) is 22.6 Å². The maximum atomic E-state index is 13.3. The van der Waals surface area contributed by atoms with Gasteiger partial charge in [0.1, 0.15) is 5.75 Å². The number of esters is 1. The van der Waals surface area contributed by atoms with E-state index in [2.05, 4.69) is 5.10 Å². The van der Waals surface area contributed by atoms with Gasteiger partial charge in [-0.3, -0.25) is 4.79 Å². The summed E-state index contributed by atoms with van der Waals surface area (Å²) in [7, 11) is 4.37. The first kappa shape index (κ1) is 23.8. The molecule has 8 heteroatoms. The maximum absolute atomic E-state index is 13.3. The Labute approximate surface area is 203 Å². The summed E-state index contributed by atoms with van der Waals surface area (Å²) in [4.78, 5) is 25.1. The molecule has 4 rings (SSSR count). The fourth-order valence-corrected chi connectivity index (χ4v) is 3.87. The lowest BCUT2D eigenvalue weighted by atomic mass is 9.98. The number of hydrogen-bond acceptors (Lipinski definition) is 7.